The Balaban J connectivity index is 1.27. The second-order valence-corrected chi connectivity index (χ2v) is 6.58. The molecule has 0 spiro atoms. The van der Waals surface area contributed by atoms with Crippen molar-refractivity contribution in [3.8, 4) is 0 Å². The molecule has 1 fully saturated rings. The number of piperazine rings is 1. The first-order chi connectivity index (χ1) is 13.8. The lowest BCUT2D eigenvalue weighted by Gasteiger charge is -2.34. The van der Waals surface area contributed by atoms with Crippen LogP contribution in [0.4, 0.5) is 11.6 Å². The molecule has 1 aliphatic rings. The topological polar surface area (TPSA) is 92.1 Å². The fraction of sp³-hybridized carbons (Fsp3) is 0.316. The van der Waals surface area contributed by atoms with Gasteiger partial charge in [-0.15, -0.1) is 0 Å². The SMILES string of the molecule is O=C(c1cnc(Nc2ccccc2)nc1)N1CCN(CCn2cncn2)CC1. The van der Waals surface area contributed by atoms with Gasteiger partial charge < -0.3 is 10.2 Å². The van der Waals surface area contributed by atoms with E-state index >= 15 is 0 Å². The molecule has 1 saturated heterocycles. The quantitative estimate of drug-likeness (QED) is 0.690. The predicted molar refractivity (Wildman–Crippen MR) is 104 cm³/mol. The highest BCUT2D eigenvalue weighted by atomic mass is 16.2. The zero-order valence-corrected chi connectivity index (χ0v) is 15.5. The summed E-state index contributed by atoms with van der Waals surface area (Å²) in [6.45, 7) is 4.77. The molecule has 1 aromatic carbocycles. The first-order valence-electron chi connectivity index (χ1n) is 9.26. The summed E-state index contributed by atoms with van der Waals surface area (Å²) in [5.41, 5.74) is 1.42. The average Bonchev–Trinajstić information content (AvgIpc) is 3.27. The molecule has 1 amide bonds. The number of hydrogen-bond donors (Lipinski definition) is 1. The van der Waals surface area contributed by atoms with Gasteiger partial charge in [0.2, 0.25) is 5.95 Å². The standard InChI is InChI=1S/C19H22N8O/c28-18(16-12-21-19(22-13-16)24-17-4-2-1-3-5-17)26-9-6-25(7-10-26)8-11-27-15-20-14-23-27/h1-5,12-15H,6-11H2,(H,21,22,24). The van der Waals surface area contributed by atoms with Gasteiger partial charge in [0.25, 0.3) is 5.91 Å². The summed E-state index contributed by atoms with van der Waals surface area (Å²) < 4.78 is 1.82. The second-order valence-electron chi connectivity index (χ2n) is 6.58. The van der Waals surface area contributed by atoms with Crippen LogP contribution in [0.25, 0.3) is 0 Å². The zero-order chi connectivity index (χ0) is 19.2. The van der Waals surface area contributed by atoms with Crippen molar-refractivity contribution >= 4 is 17.5 Å². The smallest absolute Gasteiger partial charge is 0.257 e. The van der Waals surface area contributed by atoms with Gasteiger partial charge in [-0.05, 0) is 12.1 Å². The van der Waals surface area contributed by atoms with Crippen LogP contribution >= 0.6 is 0 Å². The van der Waals surface area contributed by atoms with Gasteiger partial charge in [-0.1, -0.05) is 18.2 Å². The van der Waals surface area contributed by atoms with Gasteiger partial charge in [0.15, 0.2) is 0 Å². The maximum Gasteiger partial charge on any atom is 0.257 e. The van der Waals surface area contributed by atoms with Gasteiger partial charge in [0.1, 0.15) is 12.7 Å². The fourth-order valence-corrected chi connectivity index (χ4v) is 3.10. The van der Waals surface area contributed by atoms with Gasteiger partial charge in [0, 0.05) is 50.8 Å². The van der Waals surface area contributed by atoms with Gasteiger partial charge in [0.05, 0.1) is 12.1 Å². The van der Waals surface area contributed by atoms with Gasteiger partial charge in [-0.2, -0.15) is 5.10 Å². The Hall–Kier alpha value is -3.33. The molecule has 0 bridgehead atoms. The van der Waals surface area contributed by atoms with Crippen LogP contribution in [0.15, 0.2) is 55.4 Å². The Bertz CT molecular complexity index is 874. The van der Waals surface area contributed by atoms with E-state index in [2.05, 4.69) is 30.3 Å². The molecule has 28 heavy (non-hydrogen) atoms. The Morgan fingerprint density at radius 3 is 2.43 bits per heavy atom. The van der Waals surface area contributed by atoms with E-state index in [1.54, 1.807) is 25.0 Å². The highest BCUT2D eigenvalue weighted by Crippen LogP contribution is 2.13. The summed E-state index contributed by atoms with van der Waals surface area (Å²) in [7, 11) is 0. The molecule has 0 radical (unpaired) electrons. The number of anilines is 2. The molecule has 1 aliphatic heterocycles. The van der Waals surface area contributed by atoms with E-state index < -0.39 is 0 Å². The monoisotopic (exact) mass is 378 g/mol. The van der Waals surface area contributed by atoms with Crippen molar-refractivity contribution in [1.29, 1.82) is 0 Å². The largest absolute Gasteiger partial charge is 0.336 e. The number of nitrogens with zero attached hydrogens (tertiary/aromatic N) is 7. The van der Waals surface area contributed by atoms with Crippen molar-refractivity contribution in [3.63, 3.8) is 0 Å². The number of carbonyl (C=O) groups is 1. The van der Waals surface area contributed by atoms with Crippen LogP contribution in [-0.2, 0) is 6.54 Å². The predicted octanol–water partition coefficient (Wildman–Crippen LogP) is 1.27. The normalized spacial score (nSPS) is 14.8. The number of amides is 1. The van der Waals surface area contributed by atoms with Gasteiger partial charge in [-0.25, -0.2) is 15.0 Å². The van der Waals surface area contributed by atoms with Crippen LogP contribution in [0.3, 0.4) is 0 Å². The number of benzene rings is 1. The number of nitrogens with one attached hydrogen (secondary N) is 1. The molecule has 9 nitrogen and oxygen atoms in total. The minimum absolute atomic E-state index is 0.0258. The van der Waals surface area contributed by atoms with Crippen molar-refractivity contribution < 1.29 is 4.79 Å². The van der Waals surface area contributed by atoms with Crippen molar-refractivity contribution in [2.75, 3.05) is 38.0 Å². The van der Waals surface area contributed by atoms with Crippen molar-refractivity contribution in [3.05, 3.63) is 60.9 Å². The van der Waals surface area contributed by atoms with E-state index in [0.717, 1.165) is 31.9 Å². The van der Waals surface area contributed by atoms with Crippen LogP contribution < -0.4 is 5.32 Å². The summed E-state index contributed by atoms with van der Waals surface area (Å²) in [4.78, 5) is 29.4. The van der Waals surface area contributed by atoms with E-state index in [-0.39, 0.29) is 5.91 Å². The summed E-state index contributed by atoms with van der Waals surface area (Å²) in [5.74, 6) is 0.447. The molecular formula is C19H22N8O. The first-order valence-corrected chi connectivity index (χ1v) is 9.26. The molecule has 1 N–H and O–H groups in total. The Morgan fingerprint density at radius 2 is 1.75 bits per heavy atom. The van der Waals surface area contributed by atoms with Crippen LogP contribution in [0.5, 0.6) is 0 Å². The molecular weight excluding hydrogens is 356 g/mol. The van der Waals surface area contributed by atoms with Crippen LogP contribution in [-0.4, -0.2) is 73.2 Å². The van der Waals surface area contributed by atoms with Crippen molar-refractivity contribution in [2.24, 2.45) is 0 Å². The van der Waals surface area contributed by atoms with Gasteiger partial charge >= 0.3 is 0 Å². The van der Waals surface area contributed by atoms with E-state index in [9.17, 15) is 4.79 Å². The Morgan fingerprint density at radius 1 is 1.00 bits per heavy atom. The number of para-hydroxylation sites is 1. The molecule has 0 atom stereocenters. The lowest BCUT2D eigenvalue weighted by Crippen LogP contribution is -2.49. The number of rotatable bonds is 6. The highest BCUT2D eigenvalue weighted by Gasteiger charge is 2.22. The molecule has 144 valence electrons. The van der Waals surface area contributed by atoms with Gasteiger partial charge in [-0.3, -0.25) is 14.4 Å². The third-order valence-corrected chi connectivity index (χ3v) is 4.70. The molecule has 0 unspecified atom stereocenters. The lowest BCUT2D eigenvalue weighted by molar-refractivity contribution is 0.0631. The highest BCUT2D eigenvalue weighted by molar-refractivity contribution is 5.93. The van der Waals surface area contributed by atoms with E-state index in [1.165, 1.54) is 0 Å². The molecule has 0 aliphatic carbocycles. The van der Waals surface area contributed by atoms with E-state index in [4.69, 9.17) is 0 Å². The molecule has 2 aromatic heterocycles. The first kappa shape index (κ1) is 18.1. The number of carbonyl (C=O) groups excluding carboxylic acids is 1. The fourth-order valence-electron chi connectivity index (χ4n) is 3.10. The molecule has 9 heteroatoms. The minimum Gasteiger partial charge on any atom is -0.336 e. The zero-order valence-electron chi connectivity index (χ0n) is 15.5. The lowest BCUT2D eigenvalue weighted by atomic mass is 10.2. The average molecular weight is 378 g/mol. The maximum absolute atomic E-state index is 12.7. The van der Waals surface area contributed by atoms with Crippen molar-refractivity contribution in [1.82, 2.24) is 34.5 Å². The molecule has 3 aromatic rings. The van der Waals surface area contributed by atoms with E-state index in [1.807, 2.05) is 39.9 Å². The van der Waals surface area contributed by atoms with E-state index in [0.29, 0.717) is 24.6 Å². The molecule has 0 saturated carbocycles. The molecule has 3 heterocycles. The van der Waals surface area contributed by atoms with Crippen LogP contribution in [0, 0.1) is 0 Å². The van der Waals surface area contributed by atoms with Crippen LogP contribution in [0.2, 0.25) is 0 Å². The third kappa shape index (κ3) is 4.49. The number of hydrogen-bond acceptors (Lipinski definition) is 7. The maximum atomic E-state index is 12.7. The third-order valence-electron chi connectivity index (χ3n) is 4.70. The van der Waals surface area contributed by atoms with Crippen molar-refractivity contribution in [2.45, 2.75) is 6.54 Å². The minimum atomic E-state index is -0.0258. The second kappa shape index (κ2) is 8.57. The summed E-state index contributed by atoms with van der Waals surface area (Å²) in [5, 5.41) is 7.23. The Kier molecular flexibility index (Phi) is 5.53. The number of aromatic nitrogens is 5. The summed E-state index contributed by atoms with van der Waals surface area (Å²) in [6, 6.07) is 9.69. The Labute approximate surface area is 163 Å². The van der Waals surface area contributed by atoms with Crippen LogP contribution in [0.1, 0.15) is 10.4 Å². The summed E-state index contributed by atoms with van der Waals surface area (Å²) >= 11 is 0. The summed E-state index contributed by atoms with van der Waals surface area (Å²) in [6.07, 6.45) is 6.42. The molecule has 4 rings (SSSR count).